The van der Waals surface area contributed by atoms with Crippen LogP contribution in [0.1, 0.15) is 5.56 Å². The molecule has 0 aliphatic carbocycles. The first-order valence-electron chi connectivity index (χ1n) is 2.70. The Morgan fingerprint density at radius 3 is 1.50 bits per heavy atom. The van der Waals surface area contributed by atoms with Crippen molar-refractivity contribution in [3.05, 3.63) is 35.9 Å². The van der Waals surface area contributed by atoms with Crippen LogP contribution < -0.4 is 55.4 Å². The number of amidine groups is 1. The summed E-state index contributed by atoms with van der Waals surface area (Å²) in [5.41, 5.74) is 5.97. The van der Waals surface area contributed by atoms with E-state index in [4.69, 9.17) is 11.1 Å². The molecule has 1 rings (SSSR count). The quantitative estimate of drug-likeness (QED) is 0.302. The Hall–Kier alpha value is 0.564. The molecule has 14 heavy (non-hydrogen) atoms. The molecule has 0 fully saturated rings. The molecule has 0 aromatic heterocycles. The minimum Gasteiger partial charge on any atom is -1.00 e. The number of nitrogens with one attached hydrogen (secondary N) is 1. The van der Waals surface area contributed by atoms with Crippen LogP contribution in [0.25, 0.3) is 0 Å². The average molecular weight is 310 g/mol. The normalized spacial score (nSPS) is 5.71. The van der Waals surface area contributed by atoms with E-state index in [0.717, 1.165) is 5.56 Å². The summed E-state index contributed by atoms with van der Waals surface area (Å²) >= 11 is 0. The summed E-state index contributed by atoms with van der Waals surface area (Å²) in [7, 11) is 0. The number of hydrogen-bond acceptors (Lipinski definition) is 1. The number of nitrogen functional groups attached to an aromatic ring is 1. The van der Waals surface area contributed by atoms with Crippen molar-refractivity contribution in [1.82, 2.24) is 0 Å². The summed E-state index contributed by atoms with van der Waals surface area (Å²) in [5.74, 6) is 0.121. The number of rotatable bonds is 1. The molecule has 0 unspecified atom stereocenters. The van der Waals surface area contributed by atoms with Crippen molar-refractivity contribution in [1.29, 1.82) is 5.41 Å². The molecule has 0 atom stereocenters. The van der Waals surface area contributed by atoms with Gasteiger partial charge >= 0.3 is 21.7 Å². The maximum absolute atomic E-state index is 7.01. The molecule has 0 heterocycles. The van der Waals surface area contributed by atoms with Gasteiger partial charge in [0, 0.05) is 5.56 Å². The number of nitrogens with two attached hydrogens (primary N) is 1. The van der Waals surface area contributed by atoms with Crippen LogP contribution in [-0.4, -0.2) is 5.84 Å². The largest absolute Gasteiger partial charge is 4.00 e. The van der Waals surface area contributed by atoms with Gasteiger partial charge in [-0.2, -0.15) is 0 Å². The molecule has 0 amide bonds. The van der Waals surface area contributed by atoms with Gasteiger partial charge in [-0.05, 0) is 0 Å². The van der Waals surface area contributed by atoms with Crippen molar-refractivity contribution in [2.75, 3.05) is 0 Å². The SMILES string of the molecule is N=C(N)c1ccccc1.[Cl-].[Cl-].[Cl-].[Cl-].[Ti+4]. The van der Waals surface area contributed by atoms with E-state index in [1.807, 2.05) is 30.3 Å². The average Bonchev–Trinajstić information content (AvgIpc) is 1.90. The predicted octanol–water partition coefficient (Wildman–Crippen LogP) is -11.0. The Balaban J connectivity index is -0.0000000540. The molecular weight excluding hydrogens is 302 g/mol. The first-order chi connectivity index (χ1) is 4.30. The minimum absolute atomic E-state index is 0. The summed E-state index contributed by atoms with van der Waals surface area (Å²) in [6.07, 6.45) is 0. The van der Waals surface area contributed by atoms with Crippen LogP contribution in [0.15, 0.2) is 30.3 Å². The molecule has 78 valence electrons. The molecule has 0 saturated carbocycles. The van der Waals surface area contributed by atoms with Crippen LogP contribution >= 0.6 is 0 Å². The molecule has 0 aliphatic heterocycles. The maximum Gasteiger partial charge on any atom is 4.00 e. The van der Waals surface area contributed by atoms with Crippen molar-refractivity contribution < 1.29 is 71.3 Å². The molecule has 1 aromatic carbocycles. The molecule has 7 heteroatoms. The fourth-order valence-corrected chi connectivity index (χ4v) is 0.618. The van der Waals surface area contributed by atoms with E-state index in [0.29, 0.717) is 0 Å². The zero-order valence-electron chi connectivity index (χ0n) is 6.98. The van der Waals surface area contributed by atoms with E-state index in [1.54, 1.807) is 0 Å². The van der Waals surface area contributed by atoms with Gasteiger partial charge < -0.3 is 55.4 Å². The van der Waals surface area contributed by atoms with E-state index in [2.05, 4.69) is 0 Å². The van der Waals surface area contributed by atoms with Gasteiger partial charge in [0.1, 0.15) is 5.84 Å². The summed E-state index contributed by atoms with van der Waals surface area (Å²) in [6.45, 7) is 0. The molecule has 0 saturated heterocycles. The molecule has 2 nitrogen and oxygen atoms in total. The fourth-order valence-electron chi connectivity index (χ4n) is 0.618. The van der Waals surface area contributed by atoms with E-state index < -0.39 is 0 Å². The first-order valence-corrected chi connectivity index (χ1v) is 2.70. The van der Waals surface area contributed by atoms with Crippen LogP contribution in [0, 0.1) is 5.41 Å². The molecule has 0 aliphatic rings. The van der Waals surface area contributed by atoms with E-state index in [-0.39, 0.29) is 77.2 Å². The molecule has 3 N–H and O–H groups in total. The third-order valence-electron chi connectivity index (χ3n) is 1.08. The summed E-state index contributed by atoms with van der Waals surface area (Å²) in [5, 5.41) is 7.01. The molecule has 0 bridgehead atoms. The zero-order chi connectivity index (χ0) is 6.69. The Labute approximate surface area is 123 Å². The summed E-state index contributed by atoms with van der Waals surface area (Å²) < 4.78 is 0. The van der Waals surface area contributed by atoms with Gasteiger partial charge in [-0.15, -0.1) is 0 Å². The van der Waals surface area contributed by atoms with Crippen molar-refractivity contribution in [2.24, 2.45) is 5.73 Å². The van der Waals surface area contributed by atoms with Crippen molar-refractivity contribution >= 4 is 5.84 Å². The number of hydrogen-bond donors (Lipinski definition) is 2. The van der Waals surface area contributed by atoms with Crippen LogP contribution in [0.5, 0.6) is 0 Å². The number of halogens is 4. The van der Waals surface area contributed by atoms with Gasteiger partial charge in [-0.1, -0.05) is 30.3 Å². The Kier molecular flexibility index (Phi) is 33.5. The summed E-state index contributed by atoms with van der Waals surface area (Å²) in [6, 6.07) is 9.23. The Morgan fingerprint density at radius 1 is 0.929 bits per heavy atom. The van der Waals surface area contributed by atoms with Gasteiger partial charge in [-0.25, -0.2) is 0 Å². The second-order valence-electron chi connectivity index (χ2n) is 1.78. The van der Waals surface area contributed by atoms with Gasteiger partial charge in [0.15, 0.2) is 0 Å². The molecule has 0 spiro atoms. The molecular formula is C7H8Cl4N2Ti. The van der Waals surface area contributed by atoms with Crippen LogP contribution in [-0.2, 0) is 21.7 Å². The van der Waals surface area contributed by atoms with E-state index in [9.17, 15) is 0 Å². The minimum atomic E-state index is 0. The molecule has 0 radical (unpaired) electrons. The molecule has 1 aromatic rings. The second-order valence-corrected chi connectivity index (χ2v) is 1.78. The third-order valence-corrected chi connectivity index (χ3v) is 1.08. The van der Waals surface area contributed by atoms with Crippen molar-refractivity contribution in [3.8, 4) is 0 Å². The van der Waals surface area contributed by atoms with Gasteiger partial charge in [0.05, 0.1) is 0 Å². The van der Waals surface area contributed by atoms with Gasteiger partial charge in [-0.3, -0.25) is 5.41 Å². The van der Waals surface area contributed by atoms with Crippen LogP contribution in [0.3, 0.4) is 0 Å². The maximum atomic E-state index is 7.01. The fraction of sp³-hybridized carbons (Fsp3) is 0. The van der Waals surface area contributed by atoms with Crippen molar-refractivity contribution in [3.63, 3.8) is 0 Å². The van der Waals surface area contributed by atoms with Gasteiger partial charge in [0.2, 0.25) is 0 Å². The summed E-state index contributed by atoms with van der Waals surface area (Å²) in [4.78, 5) is 0. The third kappa shape index (κ3) is 10.6. The van der Waals surface area contributed by atoms with Crippen molar-refractivity contribution in [2.45, 2.75) is 0 Å². The Morgan fingerprint density at radius 2 is 1.29 bits per heavy atom. The van der Waals surface area contributed by atoms with E-state index >= 15 is 0 Å². The van der Waals surface area contributed by atoms with Crippen LogP contribution in [0.4, 0.5) is 0 Å². The monoisotopic (exact) mass is 308 g/mol. The standard InChI is InChI=1S/C7H8N2.4ClH.Ti/c8-7(9)6-4-2-1-3-5-6;;;;;/h1-5H,(H3,8,9);4*1H;/q;;;;;+4/p-4. The first kappa shape index (κ1) is 29.3. The zero-order valence-corrected chi connectivity index (χ0v) is 11.6. The predicted molar refractivity (Wildman–Crippen MR) is 37.5 cm³/mol. The second kappa shape index (κ2) is 16.0. The van der Waals surface area contributed by atoms with Crippen LogP contribution in [0.2, 0.25) is 0 Å². The van der Waals surface area contributed by atoms with E-state index in [1.165, 1.54) is 0 Å². The Bertz CT molecular complexity index is 220. The van der Waals surface area contributed by atoms with Gasteiger partial charge in [0.25, 0.3) is 0 Å². The smallest absolute Gasteiger partial charge is 1.00 e. The number of benzene rings is 1. The topological polar surface area (TPSA) is 49.9 Å².